The van der Waals surface area contributed by atoms with Gasteiger partial charge in [-0.1, -0.05) is 29.8 Å². The zero-order valence-corrected chi connectivity index (χ0v) is 14.8. The van der Waals surface area contributed by atoms with Crippen LogP contribution in [-0.4, -0.2) is 22.4 Å². The Morgan fingerprint density at radius 2 is 1.88 bits per heavy atom. The van der Waals surface area contributed by atoms with E-state index >= 15 is 0 Å². The summed E-state index contributed by atoms with van der Waals surface area (Å²) < 4.78 is 0. The van der Waals surface area contributed by atoms with E-state index in [2.05, 4.69) is 21.4 Å². The Labute approximate surface area is 156 Å². The van der Waals surface area contributed by atoms with Crippen molar-refractivity contribution >= 4 is 34.7 Å². The number of carbonyl (C=O) groups is 1. The molecule has 0 spiro atoms. The number of benzene rings is 2. The highest BCUT2D eigenvalue weighted by atomic mass is 35.5. The molecule has 0 fully saturated rings. The Morgan fingerprint density at radius 1 is 1.08 bits per heavy atom. The van der Waals surface area contributed by atoms with Gasteiger partial charge in [0.05, 0.1) is 0 Å². The summed E-state index contributed by atoms with van der Waals surface area (Å²) in [5.41, 5.74) is 3.37. The van der Waals surface area contributed by atoms with Gasteiger partial charge in [-0.15, -0.1) is 0 Å². The molecule has 0 saturated heterocycles. The number of fused-ring (bicyclic) bond motifs is 1. The first-order valence-corrected chi connectivity index (χ1v) is 8.83. The molecule has 0 bridgehead atoms. The lowest BCUT2D eigenvalue weighted by Crippen LogP contribution is -2.36. The highest BCUT2D eigenvalue weighted by molar-refractivity contribution is 6.30. The number of nitrogens with zero attached hydrogens (tertiary/aromatic N) is 3. The number of aryl methyl sites for hydroxylation is 1. The normalized spacial score (nSPS) is 13.2. The Kier molecular flexibility index (Phi) is 4.54. The van der Waals surface area contributed by atoms with Gasteiger partial charge in [-0.05, 0) is 48.7 Å². The molecule has 0 radical (unpaired) electrons. The van der Waals surface area contributed by atoms with Crippen molar-refractivity contribution in [1.29, 1.82) is 0 Å². The van der Waals surface area contributed by atoms with Crippen LogP contribution in [0.15, 0.2) is 60.9 Å². The van der Waals surface area contributed by atoms with E-state index in [1.54, 1.807) is 23.1 Å². The second kappa shape index (κ2) is 7.14. The molecule has 0 atom stereocenters. The van der Waals surface area contributed by atoms with Gasteiger partial charge in [-0.2, -0.15) is 0 Å². The molecule has 1 aliphatic rings. The first-order valence-electron chi connectivity index (χ1n) is 8.45. The number of halogens is 1. The van der Waals surface area contributed by atoms with Crippen LogP contribution in [0.5, 0.6) is 0 Å². The van der Waals surface area contributed by atoms with Gasteiger partial charge < -0.3 is 10.2 Å². The zero-order chi connectivity index (χ0) is 17.9. The van der Waals surface area contributed by atoms with Crippen molar-refractivity contribution in [3.8, 4) is 0 Å². The maximum atomic E-state index is 13.0. The molecular weight excluding hydrogens is 348 g/mol. The fraction of sp³-hybridized carbons (Fsp3) is 0.150. The van der Waals surface area contributed by atoms with Gasteiger partial charge >= 0.3 is 0 Å². The fourth-order valence-corrected chi connectivity index (χ4v) is 3.23. The molecular formula is C20H17ClN4O. The highest BCUT2D eigenvalue weighted by Gasteiger charge is 2.24. The minimum Gasteiger partial charge on any atom is -0.340 e. The third-order valence-corrected chi connectivity index (χ3v) is 4.61. The number of amides is 1. The summed E-state index contributed by atoms with van der Waals surface area (Å²) in [6.45, 7) is 0.694. The van der Waals surface area contributed by atoms with Crippen molar-refractivity contribution in [1.82, 2.24) is 9.97 Å². The standard InChI is InChI=1S/C20H17ClN4O/c21-15-7-9-16(10-8-15)24-19-12-17(22-13-23-19)20(26)25-11-3-5-14-4-1-2-6-18(14)25/h1-2,4,6-10,12-13H,3,5,11H2,(H,22,23,24). The van der Waals surface area contributed by atoms with Crippen LogP contribution < -0.4 is 10.2 Å². The number of hydrogen-bond donors (Lipinski definition) is 1. The smallest absolute Gasteiger partial charge is 0.277 e. The van der Waals surface area contributed by atoms with E-state index in [4.69, 9.17) is 11.6 Å². The zero-order valence-electron chi connectivity index (χ0n) is 14.0. The molecule has 3 aromatic rings. The summed E-state index contributed by atoms with van der Waals surface area (Å²) in [6.07, 6.45) is 3.35. The number of carbonyl (C=O) groups excluding carboxylic acids is 1. The summed E-state index contributed by atoms with van der Waals surface area (Å²) in [5, 5.41) is 3.83. The number of anilines is 3. The maximum absolute atomic E-state index is 13.0. The van der Waals surface area contributed by atoms with E-state index < -0.39 is 0 Å². The first-order chi connectivity index (χ1) is 12.7. The molecule has 2 aromatic carbocycles. The number of nitrogens with one attached hydrogen (secondary N) is 1. The Balaban J connectivity index is 1.59. The van der Waals surface area contributed by atoms with Crippen LogP contribution in [0, 0.1) is 0 Å². The predicted molar refractivity (Wildman–Crippen MR) is 103 cm³/mol. The van der Waals surface area contributed by atoms with Gasteiger partial charge in [0.1, 0.15) is 17.8 Å². The third kappa shape index (κ3) is 3.39. The lowest BCUT2D eigenvalue weighted by Gasteiger charge is -2.29. The molecule has 1 amide bonds. The molecule has 26 heavy (non-hydrogen) atoms. The summed E-state index contributed by atoms with van der Waals surface area (Å²) in [5.74, 6) is 0.453. The van der Waals surface area contributed by atoms with E-state index in [9.17, 15) is 4.79 Å². The van der Waals surface area contributed by atoms with Gasteiger partial charge in [0.15, 0.2) is 0 Å². The number of para-hydroxylation sites is 1. The first kappa shape index (κ1) is 16.5. The van der Waals surface area contributed by atoms with Gasteiger partial charge in [-0.3, -0.25) is 4.79 Å². The fourth-order valence-electron chi connectivity index (χ4n) is 3.11. The lowest BCUT2D eigenvalue weighted by atomic mass is 10.0. The van der Waals surface area contributed by atoms with Crippen molar-refractivity contribution in [2.75, 3.05) is 16.8 Å². The minimum atomic E-state index is -0.112. The van der Waals surface area contributed by atoms with Gasteiger partial charge in [0.25, 0.3) is 5.91 Å². The van der Waals surface area contributed by atoms with Crippen molar-refractivity contribution < 1.29 is 4.79 Å². The van der Waals surface area contributed by atoms with E-state index in [1.165, 1.54) is 11.9 Å². The summed E-state index contributed by atoms with van der Waals surface area (Å²) in [6, 6.07) is 17.0. The summed E-state index contributed by atoms with van der Waals surface area (Å²) in [7, 11) is 0. The van der Waals surface area contributed by atoms with Gasteiger partial charge in [0, 0.05) is 29.0 Å². The predicted octanol–water partition coefficient (Wildman–Crippen LogP) is 4.47. The average Bonchev–Trinajstić information content (AvgIpc) is 2.69. The molecule has 4 rings (SSSR count). The number of aromatic nitrogens is 2. The Morgan fingerprint density at radius 3 is 2.73 bits per heavy atom. The lowest BCUT2D eigenvalue weighted by molar-refractivity contribution is 0.0980. The maximum Gasteiger partial charge on any atom is 0.277 e. The van der Waals surface area contributed by atoms with Gasteiger partial charge in [0.2, 0.25) is 0 Å². The second-order valence-electron chi connectivity index (χ2n) is 6.11. The molecule has 130 valence electrons. The summed E-state index contributed by atoms with van der Waals surface area (Å²) in [4.78, 5) is 23.2. The van der Waals surface area contributed by atoms with Crippen molar-refractivity contribution in [2.24, 2.45) is 0 Å². The Bertz CT molecular complexity index is 943. The van der Waals surface area contributed by atoms with Crippen LogP contribution >= 0.6 is 11.6 Å². The van der Waals surface area contributed by atoms with Crippen molar-refractivity contribution in [3.63, 3.8) is 0 Å². The molecule has 0 aliphatic carbocycles. The van der Waals surface area contributed by atoms with Crippen LogP contribution in [-0.2, 0) is 6.42 Å². The molecule has 0 saturated carbocycles. The van der Waals surface area contributed by atoms with Gasteiger partial charge in [-0.25, -0.2) is 9.97 Å². The molecule has 2 heterocycles. The van der Waals surface area contributed by atoms with E-state index in [0.717, 1.165) is 24.2 Å². The average molecular weight is 365 g/mol. The quantitative estimate of drug-likeness (QED) is 0.745. The number of hydrogen-bond acceptors (Lipinski definition) is 4. The molecule has 1 aliphatic heterocycles. The largest absolute Gasteiger partial charge is 0.340 e. The SMILES string of the molecule is O=C(c1cc(Nc2ccc(Cl)cc2)ncn1)N1CCCc2ccccc21. The highest BCUT2D eigenvalue weighted by Crippen LogP contribution is 2.28. The van der Waals surface area contributed by atoms with Crippen LogP contribution in [0.25, 0.3) is 0 Å². The molecule has 6 heteroatoms. The third-order valence-electron chi connectivity index (χ3n) is 4.36. The molecule has 5 nitrogen and oxygen atoms in total. The van der Waals surface area contributed by atoms with Crippen LogP contribution in [0.1, 0.15) is 22.5 Å². The molecule has 0 unspecified atom stereocenters. The van der Waals surface area contributed by atoms with Crippen LogP contribution in [0.2, 0.25) is 5.02 Å². The topological polar surface area (TPSA) is 58.1 Å². The van der Waals surface area contributed by atoms with Crippen molar-refractivity contribution in [3.05, 3.63) is 77.2 Å². The molecule has 1 aromatic heterocycles. The minimum absolute atomic E-state index is 0.112. The Hall–Kier alpha value is -2.92. The van der Waals surface area contributed by atoms with Crippen LogP contribution in [0.4, 0.5) is 17.2 Å². The van der Waals surface area contributed by atoms with E-state index in [-0.39, 0.29) is 5.91 Å². The number of rotatable bonds is 3. The monoisotopic (exact) mass is 364 g/mol. The molecule has 1 N–H and O–H groups in total. The second-order valence-corrected chi connectivity index (χ2v) is 6.55. The van der Waals surface area contributed by atoms with Crippen molar-refractivity contribution in [2.45, 2.75) is 12.8 Å². The van der Waals surface area contributed by atoms with Crippen LogP contribution in [0.3, 0.4) is 0 Å². The van der Waals surface area contributed by atoms with E-state index in [1.807, 2.05) is 30.3 Å². The summed E-state index contributed by atoms with van der Waals surface area (Å²) >= 11 is 5.91. The van der Waals surface area contributed by atoms with E-state index in [0.29, 0.717) is 23.1 Å².